The van der Waals surface area contributed by atoms with Gasteiger partial charge in [0.2, 0.25) is 0 Å². The summed E-state index contributed by atoms with van der Waals surface area (Å²) in [4.78, 5) is 14.1. The number of phenols is 1. The first-order valence-corrected chi connectivity index (χ1v) is 4.57. The summed E-state index contributed by atoms with van der Waals surface area (Å²) in [6, 6.07) is 9.49. The number of hydrogen-bond donors (Lipinski definition) is 1. The molecule has 5 nitrogen and oxygen atoms in total. The van der Waals surface area contributed by atoms with E-state index in [0.29, 0.717) is 11.3 Å². The molecule has 1 aromatic carbocycles. The van der Waals surface area contributed by atoms with Crippen LogP contribution in [-0.2, 0) is 0 Å². The summed E-state index contributed by atoms with van der Waals surface area (Å²) in [5.74, 6) is -0.343. The van der Waals surface area contributed by atoms with Crippen molar-refractivity contribution in [2.75, 3.05) is 0 Å². The number of hydrogen-bond acceptors (Lipinski definition) is 4. The molecule has 0 spiro atoms. The summed E-state index contributed by atoms with van der Waals surface area (Å²) in [7, 11) is 0. The number of nitro groups is 1. The Kier molecular flexibility index (Phi) is 2.51. The van der Waals surface area contributed by atoms with Gasteiger partial charge >= 0.3 is 5.69 Å². The summed E-state index contributed by atoms with van der Waals surface area (Å²) < 4.78 is 0. The van der Waals surface area contributed by atoms with E-state index in [1.807, 2.05) is 0 Å². The van der Waals surface area contributed by atoms with Gasteiger partial charge in [0.15, 0.2) is 5.75 Å². The number of nitrogens with zero attached hydrogens (tertiary/aromatic N) is 2. The second-order valence-electron chi connectivity index (χ2n) is 3.18. The first-order valence-electron chi connectivity index (χ1n) is 4.57. The molecule has 0 saturated carbocycles. The van der Waals surface area contributed by atoms with Crippen LogP contribution in [0.4, 0.5) is 5.69 Å². The molecule has 2 rings (SSSR count). The van der Waals surface area contributed by atoms with Crippen molar-refractivity contribution < 1.29 is 10.0 Å². The maximum absolute atomic E-state index is 10.6. The molecule has 0 unspecified atom stereocenters. The van der Waals surface area contributed by atoms with E-state index < -0.39 is 4.92 Å². The van der Waals surface area contributed by atoms with Crippen LogP contribution in [0.15, 0.2) is 42.6 Å². The van der Waals surface area contributed by atoms with E-state index in [1.165, 1.54) is 12.1 Å². The molecule has 16 heavy (non-hydrogen) atoms. The fraction of sp³-hybridized carbons (Fsp3) is 0. The predicted octanol–water partition coefficient (Wildman–Crippen LogP) is 2.36. The van der Waals surface area contributed by atoms with Crippen molar-refractivity contribution in [1.82, 2.24) is 4.98 Å². The quantitative estimate of drug-likeness (QED) is 0.617. The molecule has 0 bridgehead atoms. The lowest BCUT2D eigenvalue weighted by atomic mass is 10.1. The minimum atomic E-state index is -0.623. The molecule has 0 amide bonds. The smallest absolute Gasteiger partial charge is 0.311 e. The lowest BCUT2D eigenvalue weighted by Gasteiger charge is -2.01. The molecule has 0 aliphatic carbocycles. The van der Waals surface area contributed by atoms with Crippen LogP contribution in [-0.4, -0.2) is 15.0 Å². The Bertz CT molecular complexity index is 526. The number of aromatic hydroxyl groups is 1. The molecule has 1 N–H and O–H groups in total. The van der Waals surface area contributed by atoms with Gasteiger partial charge < -0.3 is 5.11 Å². The van der Waals surface area contributed by atoms with Crippen LogP contribution in [0.5, 0.6) is 5.75 Å². The van der Waals surface area contributed by atoms with Crippen LogP contribution in [0, 0.1) is 10.1 Å². The summed E-state index contributed by atoms with van der Waals surface area (Å²) in [6.45, 7) is 0. The Hall–Kier alpha value is -2.43. The minimum Gasteiger partial charge on any atom is -0.502 e. The third-order valence-electron chi connectivity index (χ3n) is 2.13. The van der Waals surface area contributed by atoms with Gasteiger partial charge in [0.05, 0.1) is 10.6 Å². The average Bonchev–Trinajstić information content (AvgIpc) is 2.30. The molecule has 80 valence electrons. The average molecular weight is 216 g/mol. The van der Waals surface area contributed by atoms with Crippen molar-refractivity contribution in [1.29, 1.82) is 0 Å². The lowest BCUT2D eigenvalue weighted by molar-refractivity contribution is -0.385. The molecule has 5 heteroatoms. The maximum Gasteiger partial charge on any atom is 0.311 e. The summed E-state index contributed by atoms with van der Waals surface area (Å²) >= 11 is 0. The molecule has 0 radical (unpaired) electrons. The molecule has 0 atom stereocenters. The standard InChI is InChI=1S/C11H8N2O3/c14-11-5-4-8(7-10(11)13(15)16)9-3-1-2-6-12-9/h1-7,14H. The number of rotatable bonds is 2. The highest BCUT2D eigenvalue weighted by Crippen LogP contribution is 2.30. The van der Waals surface area contributed by atoms with E-state index in [-0.39, 0.29) is 11.4 Å². The second-order valence-corrected chi connectivity index (χ2v) is 3.18. The van der Waals surface area contributed by atoms with Crippen molar-refractivity contribution in [3.63, 3.8) is 0 Å². The molecular formula is C11H8N2O3. The SMILES string of the molecule is O=[N+]([O-])c1cc(-c2ccccn2)ccc1O. The highest BCUT2D eigenvalue weighted by molar-refractivity contribution is 5.65. The van der Waals surface area contributed by atoms with Gasteiger partial charge in [-0.05, 0) is 24.3 Å². The van der Waals surface area contributed by atoms with Crippen LogP contribution in [0.3, 0.4) is 0 Å². The molecule has 0 aliphatic rings. The second kappa shape index (κ2) is 3.98. The molecule has 0 aliphatic heterocycles. The van der Waals surface area contributed by atoms with Crippen LogP contribution in [0.2, 0.25) is 0 Å². The fourth-order valence-corrected chi connectivity index (χ4v) is 1.36. The summed E-state index contributed by atoms with van der Waals surface area (Å²) in [5, 5.41) is 19.9. The first kappa shape index (κ1) is 10.1. The van der Waals surface area contributed by atoms with Gasteiger partial charge in [-0.2, -0.15) is 0 Å². The van der Waals surface area contributed by atoms with E-state index in [0.717, 1.165) is 0 Å². The zero-order valence-corrected chi connectivity index (χ0v) is 8.20. The minimum absolute atomic E-state index is 0.317. The Morgan fingerprint density at radius 1 is 1.25 bits per heavy atom. The Morgan fingerprint density at radius 3 is 2.69 bits per heavy atom. The molecule has 0 fully saturated rings. The number of phenolic OH excluding ortho intramolecular Hbond substituents is 1. The van der Waals surface area contributed by atoms with E-state index in [4.69, 9.17) is 0 Å². The van der Waals surface area contributed by atoms with Gasteiger partial charge in [-0.15, -0.1) is 0 Å². The van der Waals surface area contributed by atoms with Gasteiger partial charge in [0.1, 0.15) is 0 Å². The lowest BCUT2D eigenvalue weighted by Crippen LogP contribution is -1.90. The van der Waals surface area contributed by atoms with Crippen LogP contribution in [0.25, 0.3) is 11.3 Å². The first-order chi connectivity index (χ1) is 7.68. The third kappa shape index (κ3) is 1.83. The normalized spacial score (nSPS) is 10.0. The van der Waals surface area contributed by atoms with Crippen molar-refractivity contribution in [2.24, 2.45) is 0 Å². The highest BCUT2D eigenvalue weighted by Gasteiger charge is 2.14. The molecule has 0 saturated heterocycles. The van der Waals surface area contributed by atoms with Crippen LogP contribution >= 0.6 is 0 Å². The van der Waals surface area contributed by atoms with E-state index >= 15 is 0 Å². The molecule has 1 aromatic heterocycles. The van der Waals surface area contributed by atoms with Crippen molar-refractivity contribution in [3.8, 4) is 17.0 Å². The van der Waals surface area contributed by atoms with Crippen molar-refractivity contribution >= 4 is 5.69 Å². The van der Waals surface area contributed by atoms with Gasteiger partial charge in [0, 0.05) is 17.8 Å². The Balaban J connectivity index is 2.52. The largest absolute Gasteiger partial charge is 0.502 e. The maximum atomic E-state index is 10.6. The van der Waals surface area contributed by atoms with Crippen molar-refractivity contribution in [2.45, 2.75) is 0 Å². The number of aromatic nitrogens is 1. The van der Waals surface area contributed by atoms with Crippen molar-refractivity contribution in [3.05, 3.63) is 52.7 Å². The van der Waals surface area contributed by atoms with E-state index in [9.17, 15) is 15.2 Å². The molecular weight excluding hydrogens is 208 g/mol. The Morgan fingerprint density at radius 2 is 2.06 bits per heavy atom. The van der Waals surface area contributed by atoms with E-state index in [1.54, 1.807) is 30.5 Å². The zero-order valence-electron chi connectivity index (χ0n) is 8.20. The zero-order chi connectivity index (χ0) is 11.5. The van der Waals surface area contributed by atoms with Crippen LogP contribution in [0.1, 0.15) is 0 Å². The van der Waals surface area contributed by atoms with Gasteiger partial charge in [-0.3, -0.25) is 15.1 Å². The molecule has 2 aromatic rings. The number of pyridine rings is 1. The van der Waals surface area contributed by atoms with Gasteiger partial charge in [0.25, 0.3) is 0 Å². The van der Waals surface area contributed by atoms with Gasteiger partial charge in [-0.25, -0.2) is 0 Å². The topological polar surface area (TPSA) is 76.3 Å². The number of benzene rings is 1. The van der Waals surface area contributed by atoms with Gasteiger partial charge in [-0.1, -0.05) is 6.07 Å². The third-order valence-corrected chi connectivity index (χ3v) is 2.13. The predicted molar refractivity (Wildman–Crippen MR) is 58.0 cm³/mol. The van der Waals surface area contributed by atoms with E-state index in [2.05, 4.69) is 4.98 Å². The highest BCUT2D eigenvalue weighted by atomic mass is 16.6. The fourth-order valence-electron chi connectivity index (χ4n) is 1.36. The summed E-state index contributed by atoms with van der Waals surface area (Å²) in [6.07, 6.45) is 1.61. The van der Waals surface area contributed by atoms with Crippen LogP contribution < -0.4 is 0 Å². The molecule has 1 heterocycles. The Labute approximate surface area is 91.2 Å². The monoisotopic (exact) mass is 216 g/mol. The number of nitro benzene ring substituents is 1. The summed E-state index contributed by atoms with van der Waals surface area (Å²) in [5.41, 5.74) is 0.916.